The van der Waals surface area contributed by atoms with Crippen molar-refractivity contribution < 1.29 is 14.6 Å². The van der Waals surface area contributed by atoms with Crippen LogP contribution in [0.5, 0.6) is 5.75 Å². The van der Waals surface area contributed by atoms with Crippen molar-refractivity contribution in [2.24, 2.45) is 0 Å². The largest absolute Gasteiger partial charge is 0.486 e. The summed E-state index contributed by atoms with van der Waals surface area (Å²) in [5, 5.41) is 9.37. The number of hydrogen-bond acceptors (Lipinski definition) is 6. The Bertz CT molecular complexity index is 466. The lowest BCUT2D eigenvalue weighted by molar-refractivity contribution is 0.0479. The van der Waals surface area contributed by atoms with E-state index in [1.807, 2.05) is 6.92 Å². The molecule has 98 valence electrons. The fourth-order valence-corrected chi connectivity index (χ4v) is 2.62. The van der Waals surface area contributed by atoms with Crippen LogP contribution in [0.25, 0.3) is 0 Å². The molecule has 0 amide bonds. The van der Waals surface area contributed by atoms with Crippen molar-refractivity contribution >= 4 is 5.82 Å². The number of hydrogen-bond donors (Lipinski definition) is 1. The van der Waals surface area contributed by atoms with Crippen LogP contribution in [0.1, 0.15) is 18.4 Å². The fraction of sp³-hybridized carbons (Fsp3) is 0.667. The van der Waals surface area contributed by atoms with Gasteiger partial charge in [0.15, 0.2) is 11.6 Å². The second kappa shape index (κ2) is 4.37. The number of aryl methyl sites for hydroxylation is 1. The predicted octanol–water partition coefficient (Wildman–Crippen LogP) is 0.263. The van der Waals surface area contributed by atoms with E-state index in [-0.39, 0.29) is 18.7 Å². The highest BCUT2D eigenvalue weighted by atomic mass is 16.5. The molecule has 1 aromatic rings. The predicted molar refractivity (Wildman–Crippen MR) is 64.7 cm³/mol. The third-order valence-electron chi connectivity index (χ3n) is 3.38. The summed E-state index contributed by atoms with van der Waals surface area (Å²) in [6, 6.07) is 0.453. The molecule has 1 fully saturated rings. The van der Waals surface area contributed by atoms with Crippen LogP contribution < -0.4 is 9.64 Å². The molecule has 2 aliphatic rings. The molecule has 2 unspecified atom stereocenters. The number of anilines is 1. The quantitative estimate of drug-likeness (QED) is 0.772. The zero-order chi connectivity index (χ0) is 12.7. The highest BCUT2D eigenvalue weighted by Gasteiger charge is 2.37. The van der Waals surface area contributed by atoms with E-state index in [2.05, 4.69) is 21.8 Å². The average Bonchev–Trinajstić information content (AvgIpc) is 2.37. The van der Waals surface area contributed by atoms with Gasteiger partial charge in [0.1, 0.15) is 18.1 Å². The summed E-state index contributed by atoms with van der Waals surface area (Å²) in [5.41, 5.74) is 0.564. The van der Waals surface area contributed by atoms with Gasteiger partial charge in [-0.25, -0.2) is 9.97 Å². The van der Waals surface area contributed by atoms with Gasteiger partial charge in [0, 0.05) is 0 Å². The molecule has 0 aromatic carbocycles. The Kier molecular flexibility index (Phi) is 2.83. The van der Waals surface area contributed by atoms with Gasteiger partial charge < -0.3 is 19.5 Å². The second-order valence-corrected chi connectivity index (χ2v) is 4.79. The molecule has 3 heterocycles. The number of fused-ring (bicyclic) bond motifs is 3. The van der Waals surface area contributed by atoms with Crippen molar-refractivity contribution in [2.45, 2.75) is 32.5 Å². The third-order valence-corrected chi connectivity index (χ3v) is 3.38. The number of morpholine rings is 1. The molecule has 1 N–H and O–H groups in total. The van der Waals surface area contributed by atoms with Crippen molar-refractivity contribution in [3.63, 3.8) is 0 Å². The maximum absolute atomic E-state index is 9.37. The Balaban J connectivity index is 2.09. The Morgan fingerprint density at radius 1 is 1.33 bits per heavy atom. The minimum absolute atomic E-state index is 0.130. The number of ether oxygens (including phenoxy) is 2. The van der Waals surface area contributed by atoms with Gasteiger partial charge in [-0.2, -0.15) is 0 Å². The molecule has 0 saturated carbocycles. The molecule has 0 radical (unpaired) electrons. The van der Waals surface area contributed by atoms with E-state index in [4.69, 9.17) is 9.47 Å². The van der Waals surface area contributed by atoms with Gasteiger partial charge in [0.2, 0.25) is 0 Å². The minimum Gasteiger partial charge on any atom is -0.486 e. The topological polar surface area (TPSA) is 67.7 Å². The first kappa shape index (κ1) is 11.7. The van der Waals surface area contributed by atoms with E-state index in [9.17, 15) is 5.11 Å². The van der Waals surface area contributed by atoms with Crippen molar-refractivity contribution in [1.29, 1.82) is 0 Å². The molecule has 2 atom stereocenters. The third kappa shape index (κ3) is 1.72. The maximum atomic E-state index is 9.37. The maximum Gasteiger partial charge on any atom is 0.185 e. The molecule has 0 aliphatic carbocycles. The number of aliphatic hydroxyl groups excluding tert-OH is 1. The molecule has 3 rings (SSSR count). The van der Waals surface area contributed by atoms with Crippen LogP contribution in [0.2, 0.25) is 0 Å². The molecular weight excluding hydrogens is 234 g/mol. The van der Waals surface area contributed by atoms with Crippen molar-refractivity contribution in [1.82, 2.24) is 9.97 Å². The molecule has 18 heavy (non-hydrogen) atoms. The minimum atomic E-state index is -0.130. The molecule has 6 heteroatoms. The van der Waals surface area contributed by atoms with Gasteiger partial charge in [-0.1, -0.05) is 0 Å². The summed E-state index contributed by atoms with van der Waals surface area (Å²) in [4.78, 5) is 10.9. The zero-order valence-corrected chi connectivity index (χ0v) is 10.6. The molecule has 2 aliphatic heterocycles. The summed E-state index contributed by atoms with van der Waals surface area (Å²) >= 11 is 0. The summed E-state index contributed by atoms with van der Waals surface area (Å²) in [6.45, 7) is 5.70. The zero-order valence-electron chi connectivity index (χ0n) is 10.6. The van der Waals surface area contributed by atoms with Crippen LogP contribution in [0.15, 0.2) is 0 Å². The van der Waals surface area contributed by atoms with E-state index < -0.39 is 0 Å². The second-order valence-electron chi connectivity index (χ2n) is 4.79. The number of nitrogens with zero attached hydrogens (tertiary/aromatic N) is 3. The highest BCUT2D eigenvalue weighted by Crippen LogP contribution is 2.37. The molecule has 0 spiro atoms. The summed E-state index contributed by atoms with van der Waals surface area (Å²) < 4.78 is 11.3. The average molecular weight is 251 g/mol. The SMILES string of the molecule is Cc1nc(CO)c2c(n1)N1C(C)COCC1CO2. The first-order chi connectivity index (χ1) is 8.70. The van der Waals surface area contributed by atoms with Crippen molar-refractivity contribution in [3.05, 3.63) is 11.5 Å². The van der Waals surface area contributed by atoms with Gasteiger partial charge in [0.25, 0.3) is 0 Å². The van der Waals surface area contributed by atoms with Gasteiger partial charge >= 0.3 is 0 Å². The molecule has 1 aromatic heterocycles. The Morgan fingerprint density at radius 3 is 2.94 bits per heavy atom. The van der Waals surface area contributed by atoms with E-state index in [1.165, 1.54) is 0 Å². The van der Waals surface area contributed by atoms with Gasteiger partial charge in [-0.05, 0) is 13.8 Å². The van der Waals surface area contributed by atoms with E-state index in [0.717, 1.165) is 5.82 Å². The molecule has 1 saturated heterocycles. The standard InChI is InChI=1S/C12H17N3O3/c1-7-4-17-5-9-6-18-11-10(3-16)13-8(2)14-12(11)15(7)9/h7,9,16H,3-6H2,1-2H3. The smallest absolute Gasteiger partial charge is 0.185 e. The number of aromatic nitrogens is 2. The van der Waals surface area contributed by atoms with Gasteiger partial charge in [-0.15, -0.1) is 0 Å². The monoisotopic (exact) mass is 251 g/mol. The number of rotatable bonds is 1. The first-order valence-electron chi connectivity index (χ1n) is 6.18. The van der Waals surface area contributed by atoms with Crippen LogP contribution in [0.3, 0.4) is 0 Å². The summed E-state index contributed by atoms with van der Waals surface area (Å²) in [5.74, 6) is 2.06. The fourth-order valence-electron chi connectivity index (χ4n) is 2.62. The molecular formula is C12H17N3O3. The van der Waals surface area contributed by atoms with Crippen molar-refractivity contribution in [2.75, 3.05) is 24.7 Å². The Labute approximate surface area is 106 Å². The lowest BCUT2D eigenvalue weighted by Gasteiger charge is -2.44. The van der Waals surface area contributed by atoms with Gasteiger partial charge in [0.05, 0.1) is 31.9 Å². The first-order valence-corrected chi connectivity index (χ1v) is 6.18. The Hall–Kier alpha value is -1.40. The van der Waals surface area contributed by atoms with Crippen LogP contribution in [-0.2, 0) is 11.3 Å². The van der Waals surface area contributed by atoms with Crippen LogP contribution in [-0.4, -0.2) is 47.0 Å². The van der Waals surface area contributed by atoms with Crippen LogP contribution in [0, 0.1) is 6.92 Å². The summed E-state index contributed by atoms with van der Waals surface area (Å²) in [6.07, 6.45) is 0. The lowest BCUT2D eigenvalue weighted by atomic mass is 10.1. The van der Waals surface area contributed by atoms with E-state index in [1.54, 1.807) is 0 Å². The Morgan fingerprint density at radius 2 is 2.17 bits per heavy atom. The molecule has 6 nitrogen and oxygen atoms in total. The van der Waals surface area contributed by atoms with Crippen LogP contribution >= 0.6 is 0 Å². The molecule has 0 bridgehead atoms. The highest BCUT2D eigenvalue weighted by molar-refractivity contribution is 5.58. The summed E-state index contributed by atoms with van der Waals surface area (Å²) in [7, 11) is 0. The lowest BCUT2D eigenvalue weighted by Crippen LogP contribution is -2.56. The normalized spacial score (nSPS) is 26.3. The number of aliphatic hydroxyl groups is 1. The van der Waals surface area contributed by atoms with E-state index in [0.29, 0.717) is 37.1 Å². The van der Waals surface area contributed by atoms with E-state index >= 15 is 0 Å². The van der Waals surface area contributed by atoms with Gasteiger partial charge in [-0.3, -0.25) is 0 Å². The van der Waals surface area contributed by atoms with Crippen molar-refractivity contribution in [3.8, 4) is 5.75 Å². The van der Waals surface area contributed by atoms with Crippen LogP contribution in [0.4, 0.5) is 5.82 Å².